The molecule has 1 N–H and O–H groups in total. The summed E-state index contributed by atoms with van der Waals surface area (Å²) in [7, 11) is 1.58. The molecule has 0 radical (unpaired) electrons. The average Bonchev–Trinajstić information content (AvgIpc) is 2.12. The van der Waals surface area contributed by atoms with Crippen LogP contribution in [0.5, 0.6) is 0 Å². The van der Waals surface area contributed by atoms with Gasteiger partial charge >= 0.3 is 0 Å². The number of hydrogen-bond donors (Lipinski definition) is 1. The molecular weight excluding hydrogens is 235 g/mol. The van der Waals surface area contributed by atoms with E-state index in [0.717, 1.165) is 0 Å². The van der Waals surface area contributed by atoms with Crippen molar-refractivity contribution in [2.75, 3.05) is 13.7 Å². The van der Waals surface area contributed by atoms with Crippen molar-refractivity contribution in [3.05, 3.63) is 0 Å². The minimum atomic E-state index is -0.447. The van der Waals surface area contributed by atoms with Crippen molar-refractivity contribution in [3.8, 4) is 0 Å². The van der Waals surface area contributed by atoms with E-state index in [1.165, 1.54) is 0 Å². The third kappa shape index (κ3) is 1.54. The molecule has 0 aliphatic carbocycles. The van der Waals surface area contributed by atoms with Gasteiger partial charge in [0, 0.05) is 7.11 Å². The van der Waals surface area contributed by atoms with Crippen molar-refractivity contribution in [2.45, 2.75) is 16.3 Å². The Morgan fingerprint density at radius 3 is 2.67 bits per heavy atom. The molecule has 1 fully saturated rings. The second kappa shape index (κ2) is 3.14. The van der Waals surface area contributed by atoms with Crippen LogP contribution in [0.4, 0.5) is 0 Å². The SMILES string of the molecule is CO[C@@H]1[C@H](I)OC[C@@H]1O. The van der Waals surface area contributed by atoms with Gasteiger partial charge in [0.15, 0.2) is 0 Å². The molecule has 0 spiro atoms. The minimum absolute atomic E-state index is 0.00241. The molecule has 0 aromatic rings. The van der Waals surface area contributed by atoms with Crippen LogP contribution in [-0.4, -0.2) is 35.1 Å². The Hall–Kier alpha value is 0.610. The van der Waals surface area contributed by atoms with Gasteiger partial charge in [-0.25, -0.2) is 0 Å². The highest BCUT2D eigenvalue weighted by atomic mass is 127. The van der Waals surface area contributed by atoms with Crippen LogP contribution < -0.4 is 0 Å². The zero-order chi connectivity index (χ0) is 6.85. The maximum absolute atomic E-state index is 9.10. The molecule has 3 atom stereocenters. The van der Waals surface area contributed by atoms with Gasteiger partial charge in [0.05, 0.1) is 6.61 Å². The number of ether oxygens (including phenoxy) is 2. The van der Waals surface area contributed by atoms with Gasteiger partial charge < -0.3 is 14.6 Å². The lowest BCUT2D eigenvalue weighted by atomic mass is 10.3. The first-order valence-corrected chi connectivity index (χ1v) is 3.97. The standard InChI is InChI=1S/C5H9IO3/c1-8-4-3(7)2-9-5(4)6/h3-5,7H,2H2,1H3/t3-,4-,5+/m0/s1. The van der Waals surface area contributed by atoms with Gasteiger partial charge in [0.2, 0.25) is 0 Å². The van der Waals surface area contributed by atoms with E-state index in [1.54, 1.807) is 7.11 Å². The van der Waals surface area contributed by atoms with Gasteiger partial charge in [-0.2, -0.15) is 0 Å². The molecule has 3 nitrogen and oxygen atoms in total. The van der Waals surface area contributed by atoms with E-state index in [9.17, 15) is 0 Å². The lowest BCUT2D eigenvalue weighted by Crippen LogP contribution is -2.28. The summed E-state index contributed by atoms with van der Waals surface area (Å²) in [6, 6.07) is 0. The third-order valence-electron chi connectivity index (χ3n) is 1.34. The summed E-state index contributed by atoms with van der Waals surface area (Å²) in [6.07, 6.45) is -0.595. The normalized spacial score (nSPS) is 43.7. The molecule has 0 aromatic carbocycles. The van der Waals surface area contributed by atoms with E-state index in [-0.39, 0.29) is 10.2 Å². The Bertz CT molecular complexity index is 88.2. The van der Waals surface area contributed by atoms with Crippen LogP contribution in [0.2, 0.25) is 0 Å². The number of aliphatic hydroxyl groups is 1. The van der Waals surface area contributed by atoms with Crippen LogP contribution in [0.1, 0.15) is 0 Å². The van der Waals surface area contributed by atoms with E-state index in [0.29, 0.717) is 6.61 Å². The molecule has 54 valence electrons. The predicted molar refractivity (Wildman–Crippen MR) is 40.6 cm³/mol. The molecule has 1 saturated heterocycles. The Balaban J connectivity index is 2.44. The maximum Gasteiger partial charge on any atom is 0.137 e. The van der Waals surface area contributed by atoms with Gasteiger partial charge in [0.25, 0.3) is 0 Å². The van der Waals surface area contributed by atoms with Crippen LogP contribution in [0.15, 0.2) is 0 Å². The van der Waals surface area contributed by atoms with E-state index >= 15 is 0 Å². The molecule has 0 bridgehead atoms. The second-order valence-electron chi connectivity index (χ2n) is 1.95. The van der Waals surface area contributed by atoms with Crippen molar-refractivity contribution < 1.29 is 14.6 Å². The van der Waals surface area contributed by atoms with Gasteiger partial charge in [-0.15, -0.1) is 0 Å². The first-order chi connectivity index (χ1) is 4.25. The number of methoxy groups -OCH3 is 1. The quantitative estimate of drug-likeness (QED) is 0.527. The Labute approximate surface area is 67.5 Å². The summed E-state index contributed by atoms with van der Waals surface area (Å²) >= 11 is 2.10. The largest absolute Gasteiger partial charge is 0.388 e. The van der Waals surface area contributed by atoms with Crippen molar-refractivity contribution >= 4 is 22.6 Å². The second-order valence-corrected chi connectivity index (χ2v) is 3.18. The highest BCUT2D eigenvalue weighted by Gasteiger charge is 2.34. The maximum atomic E-state index is 9.10. The molecule has 0 unspecified atom stereocenters. The molecule has 1 aliphatic rings. The summed E-state index contributed by atoms with van der Waals surface area (Å²) in [5, 5.41) is 9.10. The molecular formula is C5H9IO3. The number of rotatable bonds is 1. The molecule has 0 aromatic heterocycles. The van der Waals surface area contributed by atoms with Gasteiger partial charge in [-0.3, -0.25) is 0 Å². The smallest absolute Gasteiger partial charge is 0.137 e. The molecule has 9 heavy (non-hydrogen) atoms. The lowest BCUT2D eigenvalue weighted by Gasteiger charge is -2.12. The lowest BCUT2D eigenvalue weighted by molar-refractivity contribution is 0.0175. The number of aliphatic hydroxyl groups excluding tert-OH is 1. The van der Waals surface area contributed by atoms with Gasteiger partial charge in [-0.1, -0.05) is 0 Å². The molecule has 1 rings (SSSR count). The summed E-state index contributed by atoms with van der Waals surface area (Å²) in [4.78, 5) is 0. The van der Waals surface area contributed by atoms with E-state index in [1.807, 2.05) is 0 Å². The van der Waals surface area contributed by atoms with Crippen molar-refractivity contribution in [3.63, 3.8) is 0 Å². The molecule has 0 amide bonds. The fourth-order valence-electron chi connectivity index (χ4n) is 0.819. The molecule has 0 saturated carbocycles. The fourth-order valence-corrected chi connectivity index (χ4v) is 1.80. The van der Waals surface area contributed by atoms with Crippen LogP contribution in [0, 0.1) is 0 Å². The molecule has 1 aliphatic heterocycles. The van der Waals surface area contributed by atoms with E-state index < -0.39 is 6.10 Å². The Morgan fingerprint density at radius 2 is 2.44 bits per heavy atom. The summed E-state index contributed by atoms with van der Waals surface area (Å²) < 4.78 is 10.0. The monoisotopic (exact) mass is 244 g/mol. The molecule has 1 heterocycles. The fraction of sp³-hybridized carbons (Fsp3) is 1.00. The van der Waals surface area contributed by atoms with E-state index in [4.69, 9.17) is 14.6 Å². The van der Waals surface area contributed by atoms with Crippen LogP contribution in [-0.2, 0) is 9.47 Å². The third-order valence-corrected chi connectivity index (χ3v) is 2.40. The van der Waals surface area contributed by atoms with Crippen LogP contribution in [0.3, 0.4) is 0 Å². The van der Waals surface area contributed by atoms with Crippen molar-refractivity contribution in [1.29, 1.82) is 0 Å². The van der Waals surface area contributed by atoms with Crippen molar-refractivity contribution in [2.24, 2.45) is 0 Å². The molecule has 4 heteroatoms. The minimum Gasteiger partial charge on any atom is -0.388 e. The zero-order valence-corrected chi connectivity index (χ0v) is 7.24. The van der Waals surface area contributed by atoms with Crippen molar-refractivity contribution in [1.82, 2.24) is 0 Å². The number of hydrogen-bond acceptors (Lipinski definition) is 3. The Kier molecular flexibility index (Phi) is 2.69. The van der Waals surface area contributed by atoms with Gasteiger partial charge in [-0.05, 0) is 22.6 Å². The average molecular weight is 244 g/mol. The van der Waals surface area contributed by atoms with E-state index in [2.05, 4.69) is 22.6 Å². The highest BCUT2D eigenvalue weighted by molar-refractivity contribution is 14.1. The first-order valence-electron chi connectivity index (χ1n) is 2.72. The summed E-state index contributed by atoms with van der Waals surface area (Å²) in [5.41, 5.74) is 0. The number of alkyl halides is 1. The first kappa shape index (κ1) is 7.71. The topological polar surface area (TPSA) is 38.7 Å². The van der Waals surface area contributed by atoms with Crippen LogP contribution >= 0.6 is 22.6 Å². The highest BCUT2D eigenvalue weighted by Crippen LogP contribution is 2.21. The zero-order valence-electron chi connectivity index (χ0n) is 5.08. The predicted octanol–water partition coefficient (Wildman–Crippen LogP) is 0.154. The summed E-state index contributed by atoms with van der Waals surface area (Å²) in [5.74, 6) is 0. The summed E-state index contributed by atoms with van der Waals surface area (Å²) in [6.45, 7) is 0.395. The number of halogens is 1. The van der Waals surface area contributed by atoms with Crippen LogP contribution in [0.25, 0.3) is 0 Å². The van der Waals surface area contributed by atoms with Gasteiger partial charge in [0.1, 0.15) is 16.3 Å². The Morgan fingerprint density at radius 1 is 1.78 bits per heavy atom.